The van der Waals surface area contributed by atoms with Crippen LogP contribution in [0.2, 0.25) is 0 Å². The Labute approximate surface area is 302 Å². The van der Waals surface area contributed by atoms with Crippen LogP contribution < -0.4 is 18.5 Å². The second-order valence-corrected chi connectivity index (χ2v) is 15.1. The minimum atomic E-state index is -1.99. The van der Waals surface area contributed by atoms with E-state index < -0.39 is 16.5 Å². The molecule has 8 nitrogen and oxygen atoms in total. The van der Waals surface area contributed by atoms with E-state index in [0.29, 0.717) is 56.5 Å². The third-order valence-corrected chi connectivity index (χ3v) is 10.8. The predicted molar refractivity (Wildman–Crippen MR) is 208 cm³/mol. The molecule has 52 heavy (non-hydrogen) atoms. The van der Waals surface area contributed by atoms with Crippen molar-refractivity contribution in [1.29, 1.82) is 0 Å². The van der Waals surface area contributed by atoms with Crippen LogP contribution in [0.1, 0.15) is 26.3 Å². The molecule has 0 bridgehead atoms. The molecule has 10 heteroatoms. The standard InChI is InChI=1S/C42H36O8P2/c1-42(2,3)35-26-28(44-5)25-34(41(35)50-52-47-38-20-12-8-16-31(38)32-17-9-13-21-39(32)48-52)33-24-27(43-4)22-23-40(33)49-51-45-36-18-10-6-14-29(36)30-15-7-11-19-37(30)46-51/h6-26H,1-5H3. The van der Waals surface area contributed by atoms with Crippen molar-refractivity contribution < 1.29 is 35.3 Å². The van der Waals surface area contributed by atoms with E-state index in [-0.39, 0.29) is 5.41 Å². The number of ether oxygens (including phenoxy) is 2. The summed E-state index contributed by atoms with van der Waals surface area (Å²) in [7, 11) is -0.667. The Hall–Kier alpha value is -5.68. The van der Waals surface area contributed by atoms with Crippen LogP contribution in [0.4, 0.5) is 0 Å². The van der Waals surface area contributed by atoms with Gasteiger partial charge < -0.3 is 35.3 Å². The number of rotatable bonds is 7. The Balaban J connectivity index is 1.37. The van der Waals surface area contributed by atoms with E-state index >= 15 is 0 Å². The summed E-state index contributed by atoms with van der Waals surface area (Å²) >= 11 is 0. The van der Waals surface area contributed by atoms with E-state index in [0.717, 1.165) is 27.1 Å². The molecule has 0 amide bonds. The zero-order valence-corrected chi connectivity index (χ0v) is 31.1. The largest absolute Gasteiger partial charge is 0.497 e. The zero-order chi connectivity index (χ0) is 35.8. The number of methoxy groups -OCH3 is 2. The third kappa shape index (κ3) is 6.48. The van der Waals surface area contributed by atoms with Crippen molar-refractivity contribution in [2.75, 3.05) is 14.2 Å². The highest BCUT2D eigenvalue weighted by Crippen LogP contribution is 2.51. The Morgan fingerprint density at radius 3 is 1.33 bits per heavy atom. The second-order valence-electron chi connectivity index (χ2n) is 13.1. The molecule has 8 aromatic rings. The van der Waals surface area contributed by atoms with Crippen LogP contribution in [0.15, 0.2) is 144 Å². The van der Waals surface area contributed by atoms with Crippen LogP contribution in [0.3, 0.4) is 0 Å². The molecule has 0 aliphatic rings. The molecule has 2 heterocycles. The first-order chi connectivity index (χ1) is 25.3. The normalized spacial score (nSPS) is 11.6. The van der Waals surface area contributed by atoms with Crippen molar-refractivity contribution in [2.24, 2.45) is 0 Å². The van der Waals surface area contributed by atoms with Crippen molar-refractivity contribution in [1.82, 2.24) is 0 Å². The highest BCUT2D eigenvalue weighted by molar-refractivity contribution is 7.32. The van der Waals surface area contributed by atoms with Gasteiger partial charge in [0.2, 0.25) is 0 Å². The van der Waals surface area contributed by atoms with Crippen LogP contribution in [0.5, 0.6) is 23.0 Å². The predicted octanol–water partition coefficient (Wildman–Crippen LogP) is 13.6. The van der Waals surface area contributed by atoms with Crippen LogP contribution in [-0.4, -0.2) is 14.2 Å². The lowest BCUT2D eigenvalue weighted by Crippen LogP contribution is -2.13. The minimum Gasteiger partial charge on any atom is -0.497 e. The monoisotopic (exact) mass is 730 g/mol. The van der Waals surface area contributed by atoms with Gasteiger partial charge in [-0.1, -0.05) is 93.6 Å². The molecule has 0 aliphatic carbocycles. The Kier molecular flexibility index (Phi) is 8.88. The average Bonchev–Trinajstić information content (AvgIpc) is 3.42. The summed E-state index contributed by atoms with van der Waals surface area (Å²) in [6, 6.07) is 41.0. The molecule has 0 aliphatic heterocycles. The van der Waals surface area contributed by atoms with Crippen LogP contribution in [0, 0.1) is 0 Å². The lowest BCUT2D eigenvalue weighted by atomic mass is 9.84. The minimum absolute atomic E-state index is 0.388. The van der Waals surface area contributed by atoms with E-state index in [9.17, 15) is 0 Å². The number of fused-ring (bicyclic) bond motifs is 6. The van der Waals surface area contributed by atoms with Gasteiger partial charge in [0.1, 0.15) is 45.3 Å². The first kappa shape index (κ1) is 33.5. The fourth-order valence-corrected chi connectivity index (χ4v) is 8.33. The maximum absolute atomic E-state index is 6.93. The Bertz CT molecular complexity index is 2560. The summed E-state index contributed by atoms with van der Waals surface area (Å²) in [5.41, 5.74) is 4.52. The van der Waals surface area contributed by atoms with Gasteiger partial charge in [-0.2, -0.15) is 0 Å². The fourth-order valence-electron chi connectivity index (χ4n) is 6.16. The summed E-state index contributed by atoms with van der Waals surface area (Å²) < 4.78 is 51.2. The van der Waals surface area contributed by atoms with Gasteiger partial charge >= 0.3 is 16.5 Å². The van der Waals surface area contributed by atoms with Crippen molar-refractivity contribution in [2.45, 2.75) is 26.2 Å². The SMILES string of the molecule is COc1ccc(Op2oc3ccccc3c3ccccc3o2)c(-c2cc(OC)cc(C(C)(C)C)c2Op2oc3ccccc3c3ccccc3o2)c1. The van der Waals surface area contributed by atoms with E-state index in [1.54, 1.807) is 14.2 Å². The van der Waals surface area contributed by atoms with Gasteiger partial charge in [-0.3, -0.25) is 0 Å². The summed E-state index contributed by atoms with van der Waals surface area (Å²) in [5.74, 6) is 2.31. The molecular formula is C42H36O8P2. The molecule has 0 radical (unpaired) electrons. The van der Waals surface area contributed by atoms with E-state index in [1.807, 2.05) is 127 Å². The van der Waals surface area contributed by atoms with Crippen LogP contribution in [-0.2, 0) is 5.41 Å². The van der Waals surface area contributed by atoms with Crippen molar-refractivity contribution in [3.8, 4) is 34.1 Å². The van der Waals surface area contributed by atoms with E-state index in [4.69, 9.17) is 35.3 Å². The fraction of sp³-hybridized carbons (Fsp3) is 0.143. The Morgan fingerprint density at radius 1 is 0.462 bits per heavy atom. The quantitative estimate of drug-likeness (QED) is 0.160. The topological polar surface area (TPSA) is 89.5 Å². The number of hydrogen-bond acceptors (Lipinski definition) is 8. The maximum atomic E-state index is 6.93. The molecule has 8 rings (SSSR count). The number of para-hydroxylation sites is 4. The van der Waals surface area contributed by atoms with E-state index in [2.05, 4.69) is 20.8 Å². The highest BCUT2D eigenvalue weighted by atomic mass is 31.1. The first-order valence-corrected chi connectivity index (χ1v) is 18.9. The number of benzene rings is 6. The van der Waals surface area contributed by atoms with Gasteiger partial charge in [0.25, 0.3) is 0 Å². The smallest absolute Gasteiger partial charge is 0.453 e. The molecule has 0 fully saturated rings. The highest BCUT2D eigenvalue weighted by Gasteiger charge is 2.28. The third-order valence-electron chi connectivity index (χ3n) is 8.74. The summed E-state index contributed by atoms with van der Waals surface area (Å²) in [4.78, 5) is 0. The molecule has 0 atom stereocenters. The lowest BCUT2D eigenvalue weighted by Gasteiger charge is -2.25. The average molecular weight is 731 g/mol. The molecule has 6 aromatic carbocycles. The van der Waals surface area contributed by atoms with E-state index in [1.165, 1.54) is 0 Å². The van der Waals surface area contributed by atoms with Gasteiger partial charge in [0.05, 0.1) is 14.2 Å². The van der Waals surface area contributed by atoms with Gasteiger partial charge in [0, 0.05) is 38.2 Å². The summed E-state index contributed by atoms with van der Waals surface area (Å²) in [5, 5.41) is 3.70. The molecular weight excluding hydrogens is 694 g/mol. The molecule has 0 saturated heterocycles. The summed E-state index contributed by atoms with van der Waals surface area (Å²) in [6.07, 6.45) is 0. The molecule has 0 unspecified atom stereocenters. The van der Waals surface area contributed by atoms with Gasteiger partial charge in [0.15, 0.2) is 0 Å². The van der Waals surface area contributed by atoms with Crippen LogP contribution >= 0.6 is 16.5 Å². The Morgan fingerprint density at radius 2 is 0.885 bits per heavy atom. The molecule has 262 valence electrons. The summed E-state index contributed by atoms with van der Waals surface area (Å²) in [6.45, 7) is 6.37. The van der Waals surface area contributed by atoms with Crippen molar-refractivity contribution in [3.05, 3.63) is 133 Å². The zero-order valence-electron chi connectivity index (χ0n) is 29.3. The molecule has 2 aromatic heterocycles. The lowest BCUT2D eigenvalue weighted by molar-refractivity contribution is 0.410. The molecule has 0 N–H and O–H groups in total. The van der Waals surface area contributed by atoms with Crippen molar-refractivity contribution >= 4 is 60.4 Å². The van der Waals surface area contributed by atoms with Crippen molar-refractivity contribution in [3.63, 3.8) is 0 Å². The molecule has 0 spiro atoms. The first-order valence-electron chi connectivity index (χ1n) is 16.7. The number of hydrogen-bond donors (Lipinski definition) is 0. The van der Waals surface area contributed by atoms with Gasteiger partial charge in [-0.15, -0.1) is 0 Å². The second kappa shape index (κ2) is 13.8. The van der Waals surface area contributed by atoms with Gasteiger partial charge in [-0.05, 0) is 60.0 Å². The van der Waals surface area contributed by atoms with Crippen LogP contribution in [0.25, 0.3) is 55.0 Å². The van der Waals surface area contributed by atoms with Gasteiger partial charge in [-0.25, -0.2) is 0 Å². The molecule has 0 saturated carbocycles. The maximum Gasteiger partial charge on any atom is 0.453 e.